The number of rotatable bonds is 5. The van der Waals surface area contributed by atoms with Gasteiger partial charge in [-0.3, -0.25) is 0 Å². The molecule has 0 aromatic carbocycles. The largest absolute Gasteiger partial charge is 0.307 e. The van der Waals surface area contributed by atoms with Crippen molar-refractivity contribution in [1.82, 2.24) is 9.71 Å². The highest BCUT2D eigenvalue weighted by Gasteiger charge is 2.22. The molecule has 6 nitrogen and oxygen atoms in total. The summed E-state index contributed by atoms with van der Waals surface area (Å²) in [4.78, 5) is 4.00. The average Bonchev–Trinajstić information content (AvgIpc) is 2.89. The fourth-order valence-electron chi connectivity index (χ4n) is 2.25. The van der Waals surface area contributed by atoms with E-state index in [0.29, 0.717) is 16.9 Å². The Bertz CT molecular complexity index is 544. The number of anilines is 1. The van der Waals surface area contributed by atoms with Crippen molar-refractivity contribution < 1.29 is 8.42 Å². The number of sulfonamides is 1. The second-order valence-electron chi connectivity index (χ2n) is 4.65. The van der Waals surface area contributed by atoms with Crippen LogP contribution in [0.5, 0.6) is 0 Å². The van der Waals surface area contributed by atoms with Crippen LogP contribution in [0, 0.1) is 5.92 Å². The number of hydrogen-bond acceptors (Lipinski definition) is 5. The fraction of sp³-hybridized carbons (Fsp3) is 0.545. The van der Waals surface area contributed by atoms with Crippen molar-refractivity contribution in [2.45, 2.75) is 30.6 Å². The second-order valence-corrected chi connectivity index (χ2v) is 7.30. The molecule has 1 heterocycles. The van der Waals surface area contributed by atoms with Gasteiger partial charge in [0.2, 0.25) is 10.0 Å². The molecule has 0 saturated heterocycles. The minimum absolute atomic E-state index is 0.0578. The van der Waals surface area contributed by atoms with Crippen LogP contribution in [-0.2, 0) is 10.0 Å². The molecule has 2 rings (SSSR count). The van der Waals surface area contributed by atoms with E-state index in [2.05, 4.69) is 31.1 Å². The first-order chi connectivity index (χ1) is 9.03. The third kappa shape index (κ3) is 3.65. The monoisotopic (exact) mass is 348 g/mol. The lowest BCUT2D eigenvalue weighted by molar-refractivity contribution is 0.519. The molecule has 0 aliphatic heterocycles. The van der Waals surface area contributed by atoms with E-state index < -0.39 is 10.0 Å². The molecule has 0 unspecified atom stereocenters. The van der Waals surface area contributed by atoms with Gasteiger partial charge in [0.25, 0.3) is 0 Å². The minimum Gasteiger partial charge on any atom is -0.307 e. The van der Waals surface area contributed by atoms with Crippen molar-refractivity contribution >= 4 is 31.8 Å². The van der Waals surface area contributed by atoms with Crippen LogP contribution in [0.4, 0.5) is 5.82 Å². The standard InChI is InChI=1S/C11H17BrN4O2S/c12-9-5-10(11(16-13)14-7-9)19(17,18)15-6-8-3-1-2-4-8/h5,7-8,15H,1-4,6,13H2,(H,14,16). The van der Waals surface area contributed by atoms with Gasteiger partial charge in [0.15, 0.2) is 5.82 Å². The first-order valence-corrected chi connectivity index (χ1v) is 8.42. The molecule has 0 atom stereocenters. The van der Waals surface area contributed by atoms with E-state index in [9.17, 15) is 8.42 Å². The first-order valence-electron chi connectivity index (χ1n) is 6.15. The number of nitrogens with two attached hydrogens (primary N) is 1. The summed E-state index contributed by atoms with van der Waals surface area (Å²) in [5, 5.41) is 0. The molecular weight excluding hydrogens is 332 g/mol. The molecule has 1 saturated carbocycles. The van der Waals surface area contributed by atoms with Crippen LogP contribution in [0.25, 0.3) is 0 Å². The first kappa shape index (κ1) is 14.7. The Hall–Kier alpha value is -0.700. The number of nitrogens with zero attached hydrogens (tertiary/aromatic N) is 1. The van der Waals surface area contributed by atoms with Crippen molar-refractivity contribution in [3.8, 4) is 0 Å². The third-order valence-corrected chi connectivity index (χ3v) is 5.15. The van der Waals surface area contributed by atoms with E-state index in [0.717, 1.165) is 12.8 Å². The SMILES string of the molecule is NNc1ncc(Br)cc1S(=O)(=O)NCC1CCCC1. The Labute approximate surface area is 121 Å². The number of halogens is 1. The van der Waals surface area contributed by atoms with Crippen LogP contribution in [0.3, 0.4) is 0 Å². The van der Waals surface area contributed by atoms with Gasteiger partial charge in [-0.1, -0.05) is 12.8 Å². The van der Waals surface area contributed by atoms with Crippen molar-refractivity contribution in [2.75, 3.05) is 12.0 Å². The maximum absolute atomic E-state index is 12.3. The maximum Gasteiger partial charge on any atom is 0.244 e. The second kappa shape index (κ2) is 6.17. The zero-order valence-electron chi connectivity index (χ0n) is 10.4. The summed E-state index contributed by atoms with van der Waals surface area (Å²) >= 11 is 3.21. The summed E-state index contributed by atoms with van der Waals surface area (Å²) in [7, 11) is -3.60. The van der Waals surface area contributed by atoms with Gasteiger partial charge >= 0.3 is 0 Å². The quantitative estimate of drug-likeness (QED) is 0.554. The van der Waals surface area contributed by atoms with Gasteiger partial charge < -0.3 is 5.43 Å². The summed E-state index contributed by atoms with van der Waals surface area (Å²) in [6, 6.07) is 1.49. The molecule has 106 valence electrons. The Morgan fingerprint density at radius 1 is 1.42 bits per heavy atom. The number of nitrogen functional groups attached to an aromatic ring is 1. The molecule has 1 aromatic rings. The molecular formula is C11H17BrN4O2S. The zero-order valence-corrected chi connectivity index (χ0v) is 12.8. The molecule has 1 aromatic heterocycles. The van der Waals surface area contributed by atoms with Crippen molar-refractivity contribution in [2.24, 2.45) is 11.8 Å². The summed E-state index contributed by atoms with van der Waals surface area (Å²) in [6.07, 6.45) is 6.02. The normalized spacial score (nSPS) is 16.7. The highest BCUT2D eigenvalue weighted by atomic mass is 79.9. The molecule has 1 aliphatic carbocycles. The minimum atomic E-state index is -3.60. The van der Waals surface area contributed by atoms with Crippen LogP contribution in [0.1, 0.15) is 25.7 Å². The van der Waals surface area contributed by atoms with E-state index >= 15 is 0 Å². The van der Waals surface area contributed by atoms with Crippen LogP contribution >= 0.6 is 15.9 Å². The Morgan fingerprint density at radius 2 is 2.11 bits per heavy atom. The number of hydrazine groups is 1. The number of hydrogen-bond donors (Lipinski definition) is 3. The van der Waals surface area contributed by atoms with Gasteiger partial charge in [-0.15, -0.1) is 0 Å². The summed E-state index contributed by atoms with van der Waals surface area (Å²) in [5.41, 5.74) is 2.31. The molecule has 1 fully saturated rings. The summed E-state index contributed by atoms with van der Waals surface area (Å²) in [5.74, 6) is 5.87. The highest BCUT2D eigenvalue weighted by molar-refractivity contribution is 9.10. The molecule has 8 heteroatoms. The van der Waals surface area contributed by atoms with Crippen molar-refractivity contribution in [3.05, 3.63) is 16.7 Å². The number of nitrogens with one attached hydrogen (secondary N) is 2. The van der Waals surface area contributed by atoms with E-state index in [1.54, 1.807) is 0 Å². The molecule has 0 spiro atoms. The third-order valence-electron chi connectivity index (χ3n) is 3.28. The van der Waals surface area contributed by atoms with Crippen LogP contribution in [0.15, 0.2) is 21.6 Å². The molecule has 19 heavy (non-hydrogen) atoms. The number of aromatic nitrogens is 1. The number of pyridine rings is 1. The lowest BCUT2D eigenvalue weighted by Crippen LogP contribution is -2.29. The summed E-state index contributed by atoms with van der Waals surface area (Å²) < 4.78 is 27.7. The van der Waals surface area contributed by atoms with Gasteiger partial charge in [0.1, 0.15) is 4.90 Å². The lowest BCUT2D eigenvalue weighted by Gasteiger charge is -2.13. The van der Waals surface area contributed by atoms with Crippen LogP contribution < -0.4 is 16.0 Å². The van der Waals surface area contributed by atoms with Gasteiger partial charge in [-0.25, -0.2) is 24.0 Å². The van der Waals surface area contributed by atoms with Gasteiger partial charge in [0, 0.05) is 17.2 Å². The molecule has 4 N–H and O–H groups in total. The predicted octanol–water partition coefficient (Wildman–Crippen LogP) is 1.60. The van der Waals surface area contributed by atoms with Crippen molar-refractivity contribution in [3.63, 3.8) is 0 Å². The Balaban J connectivity index is 2.16. The van der Waals surface area contributed by atoms with E-state index in [-0.39, 0.29) is 10.7 Å². The van der Waals surface area contributed by atoms with Crippen LogP contribution in [-0.4, -0.2) is 19.9 Å². The van der Waals surface area contributed by atoms with E-state index in [1.165, 1.54) is 25.1 Å². The lowest BCUT2D eigenvalue weighted by atomic mass is 10.1. The van der Waals surface area contributed by atoms with Gasteiger partial charge in [-0.05, 0) is 40.8 Å². The Kier molecular flexibility index (Phi) is 4.77. The van der Waals surface area contributed by atoms with E-state index in [1.807, 2.05) is 0 Å². The van der Waals surface area contributed by atoms with Gasteiger partial charge in [0.05, 0.1) is 0 Å². The average molecular weight is 349 g/mol. The maximum atomic E-state index is 12.3. The fourth-order valence-corrected chi connectivity index (χ4v) is 4.00. The smallest absolute Gasteiger partial charge is 0.244 e. The molecule has 0 amide bonds. The molecule has 0 radical (unpaired) electrons. The molecule has 1 aliphatic rings. The zero-order chi connectivity index (χ0) is 13.9. The van der Waals surface area contributed by atoms with Gasteiger partial charge in [-0.2, -0.15) is 0 Å². The molecule has 0 bridgehead atoms. The Morgan fingerprint density at radius 3 is 2.74 bits per heavy atom. The predicted molar refractivity (Wildman–Crippen MR) is 76.9 cm³/mol. The van der Waals surface area contributed by atoms with E-state index in [4.69, 9.17) is 5.84 Å². The van der Waals surface area contributed by atoms with Crippen molar-refractivity contribution in [1.29, 1.82) is 0 Å². The van der Waals surface area contributed by atoms with Crippen LogP contribution in [0.2, 0.25) is 0 Å². The topological polar surface area (TPSA) is 97.1 Å². The highest BCUT2D eigenvalue weighted by Crippen LogP contribution is 2.26. The summed E-state index contributed by atoms with van der Waals surface area (Å²) in [6.45, 7) is 0.471.